The standard InChI is InChI=1S/C14H15NO3/c1-3-4-9-5-6-11-10(7-9)13(16)8-12(15-11)14(17)18-2/h5-8H,3-4H2,1-2H3,(H,15,16). The molecule has 94 valence electrons. The van der Waals surface area contributed by atoms with Gasteiger partial charge in [-0.15, -0.1) is 0 Å². The molecule has 2 rings (SSSR count). The minimum Gasteiger partial charge on any atom is -0.464 e. The molecule has 4 nitrogen and oxygen atoms in total. The summed E-state index contributed by atoms with van der Waals surface area (Å²) >= 11 is 0. The van der Waals surface area contributed by atoms with Crippen LogP contribution in [-0.4, -0.2) is 18.1 Å². The fourth-order valence-electron chi connectivity index (χ4n) is 1.96. The summed E-state index contributed by atoms with van der Waals surface area (Å²) in [6, 6.07) is 6.94. The van der Waals surface area contributed by atoms with Crippen molar-refractivity contribution in [2.24, 2.45) is 0 Å². The van der Waals surface area contributed by atoms with Crippen molar-refractivity contribution in [3.8, 4) is 0 Å². The van der Waals surface area contributed by atoms with Crippen molar-refractivity contribution >= 4 is 16.9 Å². The summed E-state index contributed by atoms with van der Waals surface area (Å²) in [7, 11) is 1.29. The Balaban J connectivity index is 2.58. The number of carbonyl (C=O) groups is 1. The van der Waals surface area contributed by atoms with Crippen molar-refractivity contribution in [3.63, 3.8) is 0 Å². The third-order valence-corrected chi connectivity index (χ3v) is 2.84. The van der Waals surface area contributed by atoms with Gasteiger partial charge in [-0.1, -0.05) is 19.4 Å². The molecule has 0 amide bonds. The van der Waals surface area contributed by atoms with Crippen molar-refractivity contribution in [1.82, 2.24) is 4.98 Å². The molecule has 0 atom stereocenters. The molecule has 0 saturated heterocycles. The Hall–Kier alpha value is -2.10. The minimum atomic E-state index is -0.536. The normalized spacial score (nSPS) is 10.6. The third kappa shape index (κ3) is 2.27. The van der Waals surface area contributed by atoms with E-state index >= 15 is 0 Å². The van der Waals surface area contributed by atoms with Gasteiger partial charge in [0.15, 0.2) is 5.43 Å². The van der Waals surface area contributed by atoms with Gasteiger partial charge in [0.25, 0.3) is 0 Å². The Morgan fingerprint density at radius 3 is 2.78 bits per heavy atom. The Labute approximate surface area is 105 Å². The average molecular weight is 245 g/mol. The first-order valence-corrected chi connectivity index (χ1v) is 5.90. The molecule has 2 aromatic rings. The Kier molecular flexibility index (Phi) is 3.46. The number of aryl methyl sites for hydroxylation is 1. The van der Waals surface area contributed by atoms with Crippen LogP contribution in [0.3, 0.4) is 0 Å². The molecular formula is C14H15NO3. The van der Waals surface area contributed by atoms with Crippen LogP contribution in [-0.2, 0) is 11.2 Å². The van der Waals surface area contributed by atoms with Crippen LogP contribution >= 0.6 is 0 Å². The highest BCUT2D eigenvalue weighted by molar-refractivity contribution is 5.91. The fourth-order valence-corrected chi connectivity index (χ4v) is 1.96. The molecule has 0 bridgehead atoms. The number of ether oxygens (including phenoxy) is 1. The highest BCUT2D eigenvalue weighted by atomic mass is 16.5. The molecule has 0 aliphatic carbocycles. The molecule has 0 saturated carbocycles. The van der Waals surface area contributed by atoms with Crippen LogP contribution in [0.2, 0.25) is 0 Å². The molecular weight excluding hydrogens is 230 g/mol. The lowest BCUT2D eigenvalue weighted by Gasteiger charge is -2.04. The second kappa shape index (κ2) is 5.04. The zero-order valence-corrected chi connectivity index (χ0v) is 10.4. The molecule has 0 aliphatic heterocycles. The first-order valence-electron chi connectivity index (χ1n) is 5.90. The first-order chi connectivity index (χ1) is 8.65. The van der Waals surface area contributed by atoms with Crippen molar-refractivity contribution in [2.75, 3.05) is 7.11 Å². The van der Waals surface area contributed by atoms with Crippen molar-refractivity contribution in [3.05, 3.63) is 45.7 Å². The van der Waals surface area contributed by atoms with Gasteiger partial charge < -0.3 is 9.72 Å². The summed E-state index contributed by atoms with van der Waals surface area (Å²) in [5.41, 5.74) is 1.80. The summed E-state index contributed by atoms with van der Waals surface area (Å²) in [4.78, 5) is 26.2. The van der Waals surface area contributed by atoms with Crippen molar-refractivity contribution in [1.29, 1.82) is 0 Å². The fraction of sp³-hybridized carbons (Fsp3) is 0.286. The van der Waals surface area contributed by atoms with Gasteiger partial charge in [-0.2, -0.15) is 0 Å². The zero-order chi connectivity index (χ0) is 13.1. The lowest BCUT2D eigenvalue weighted by Crippen LogP contribution is -2.11. The first kappa shape index (κ1) is 12.4. The van der Waals surface area contributed by atoms with Crippen LogP contribution in [0.4, 0.5) is 0 Å². The summed E-state index contributed by atoms with van der Waals surface area (Å²) in [6.45, 7) is 2.09. The summed E-state index contributed by atoms with van der Waals surface area (Å²) in [6.07, 6.45) is 1.97. The molecule has 1 N–H and O–H groups in total. The number of aromatic nitrogens is 1. The van der Waals surface area contributed by atoms with E-state index in [0.717, 1.165) is 18.4 Å². The van der Waals surface area contributed by atoms with E-state index in [1.807, 2.05) is 18.2 Å². The lowest BCUT2D eigenvalue weighted by atomic mass is 10.1. The maximum atomic E-state index is 11.9. The topological polar surface area (TPSA) is 59.2 Å². The Morgan fingerprint density at radius 1 is 1.33 bits per heavy atom. The van der Waals surface area contributed by atoms with Crippen LogP contribution in [0.15, 0.2) is 29.1 Å². The van der Waals surface area contributed by atoms with Crippen molar-refractivity contribution in [2.45, 2.75) is 19.8 Å². The van der Waals surface area contributed by atoms with Gasteiger partial charge in [-0.05, 0) is 24.1 Å². The second-order valence-corrected chi connectivity index (χ2v) is 4.17. The molecule has 0 spiro atoms. The predicted octanol–water partition coefficient (Wildman–Crippen LogP) is 2.27. The number of aromatic amines is 1. The van der Waals surface area contributed by atoms with Crippen molar-refractivity contribution < 1.29 is 9.53 Å². The van der Waals surface area contributed by atoms with Gasteiger partial charge in [0.1, 0.15) is 5.69 Å². The van der Waals surface area contributed by atoms with E-state index in [2.05, 4.69) is 16.6 Å². The van der Waals surface area contributed by atoms with E-state index in [1.165, 1.54) is 13.2 Å². The largest absolute Gasteiger partial charge is 0.464 e. The third-order valence-electron chi connectivity index (χ3n) is 2.84. The highest BCUT2D eigenvalue weighted by Crippen LogP contribution is 2.13. The van der Waals surface area contributed by atoms with Gasteiger partial charge in [0, 0.05) is 17.0 Å². The number of methoxy groups -OCH3 is 1. The second-order valence-electron chi connectivity index (χ2n) is 4.17. The number of nitrogens with one attached hydrogen (secondary N) is 1. The maximum absolute atomic E-state index is 11.9. The Bertz CT molecular complexity index is 643. The summed E-state index contributed by atoms with van der Waals surface area (Å²) < 4.78 is 4.59. The number of hydrogen-bond acceptors (Lipinski definition) is 3. The number of fused-ring (bicyclic) bond motifs is 1. The van der Waals surface area contributed by atoms with Crippen LogP contribution in [0, 0.1) is 0 Å². The van der Waals surface area contributed by atoms with E-state index in [-0.39, 0.29) is 11.1 Å². The number of hydrogen-bond donors (Lipinski definition) is 1. The smallest absolute Gasteiger partial charge is 0.354 e. The monoisotopic (exact) mass is 245 g/mol. The number of carbonyl (C=O) groups excluding carboxylic acids is 1. The van der Waals surface area contributed by atoms with Crippen LogP contribution in [0.1, 0.15) is 29.4 Å². The molecule has 1 heterocycles. The van der Waals surface area contributed by atoms with E-state index in [0.29, 0.717) is 10.9 Å². The van der Waals surface area contributed by atoms with Gasteiger partial charge >= 0.3 is 5.97 Å². The SMILES string of the molecule is CCCc1ccc2[nH]c(C(=O)OC)cc(=O)c2c1. The Morgan fingerprint density at radius 2 is 2.11 bits per heavy atom. The number of esters is 1. The van der Waals surface area contributed by atoms with E-state index < -0.39 is 5.97 Å². The van der Waals surface area contributed by atoms with E-state index in [1.54, 1.807) is 0 Å². The predicted molar refractivity (Wildman–Crippen MR) is 69.9 cm³/mol. The number of H-pyrrole nitrogens is 1. The summed E-state index contributed by atoms with van der Waals surface area (Å²) in [5, 5.41) is 0.605. The molecule has 18 heavy (non-hydrogen) atoms. The molecule has 4 heteroatoms. The summed E-state index contributed by atoms with van der Waals surface area (Å²) in [5.74, 6) is -0.536. The van der Waals surface area contributed by atoms with E-state index in [9.17, 15) is 9.59 Å². The molecule has 0 radical (unpaired) electrons. The van der Waals surface area contributed by atoms with Gasteiger partial charge in [0.05, 0.1) is 7.11 Å². The molecule has 0 aliphatic rings. The number of rotatable bonds is 3. The number of pyridine rings is 1. The van der Waals surface area contributed by atoms with E-state index in [4.69, 9.17) is 0 Å². The molecule has 1 aromatic carbocycles. The average Bonchev–Trinajstić information content (AvgIpc) is 2.38. The van der Waals surface area contributed by atoms with Crippen LogP contribution in [0.25, 0.3) is 10.9 Å². The molecule has 0 unspecified atom stereocenters. The molecule has 1 aromatic heterocycles. The van der Waals surface area contributed by atoms with Crippen LogP contribution in [0.5, 0.6) is 0 Å². The number of benzene rings is 1. The van der Waals surface area contributed by atoms with Gasteiger partial charge in [-0.3, -0.25) is 4.79 Å². The van der Waals surface area contributed by atoms with Crippen LogP contribution < -0.4 is 5.43 Å². The minimum absolute atomic E-state index is 0.165. The maximum Gasteiger partial charge on any atom is 0.354 e. The highest BCUT2D eigenvalue weighted by Gasteiger charge is 2.09. The van der Waals surface area contributed by atoms with Gasteiger partial charge in [0.2, 0.25) is 0 Å². The molecule has 0 fully saturated rings. The quantitative estimate of drug-likeness (QED) is 0.844. The zero-order valence-electron chi connectivity index (χ0n) is 10.4. The van der Waals surface area contributed by atoms with Gasteiger partial charge in [-0.25, -0.2) is 4.79 Å². The lowest BCUT2D eigenvalue weighted by molar-refractivity contribution is 0.0594.